The van der Waals surface area contributed by atoms with Crippen molar-refractivity contribution < 1.29 is 19.1 Å². The fraction of sp³-hybridized carbons (Fsp3) is 0.250. The van der Waals surface area contributed by atoms with Crippen LogP contribution in [0.25, 0.3) is 0 Å². The highest BCUT2D eigenvalue weighted by Gasteiger charge is 2.17. The van der Waals surface area contributed by atoms with E-state index in [1.807, 2.05) is 38.1 Å². The molecule has 6 nitrogen and oxygen atoms in total. The van der Waals surface area contributed by atoms with E-state index in [1.165, 1.54) is 4.90 Å². The Bertz CT molecular complexity index is 812. The molecule has 0 aliphatic carbocycles. The molecule has 0 aromatic heterocycles. The van der Waals surface area contributed by atoms with Gasteiger partial charge in [0.05, 0.1) is 6.07 Å². The Balaban J connectivity index is 1.86. The molecule has 0 spiro atoms. The highest BCUT2D eigenvalue weighted by Crippen LogP contribution is 2.16. The molecule has 0 heterocycles. The molecule has 0 aliphatic heterocycles. The molecule has 0 radical (unpaired) electrons. The summed E-state index contributed by atoms with van der Waals surface area (Å²) in [7, 11) is 0. The van der Waals surface area contributed by atoms with Crippen molar-refractivity contribution in [3.05, 3.63) is 59.7 Å². The van der Waals surface area contributed by atoms with Gasteiger partial charge in [-0.3, -0.25) is 9.69 Å². The number of hydrogen-bond donors (Lipinski definition) is 0. The zero-order valence-corrected chi connectivity index (χ0v) is 14.8. The zero-order valence-electron chi connectivity index (χ0n) is 14.8. The minimum absolute atomic E-state index is 0.125. The van der Waals surface area contributed by atoms with Gasteiger partial charge in [-0.25, -0.2) is 4.79 Å². The number of amides is 1. The Morgan fingerprint density at radius 1 is 1.04 bits per heavy atom. The zero-order chi connectivity index (χ0) is 18.9. The maximum absolute atomic E-state index is 12.3. The summed E-state index contributed by atoms with van der Waals surface area (Å²) in [5.74, 6) is -0.564. The number of carbonyl (C=O) groups is 2. The number of nitriles is 1. The molecule has 0 N–H and O–H groups in total. The SMILES string of the molecule is Cc1ccc(OCC(=O)OCC(=O)N(CC#N)c2ccccc2)cc1C. The molecule has 0 unspecified atom stereocenters. The fourth-order valence-corrected chi connectivity index (χ4v) is 2.21. The number of anilines is 1. The number of aryl methyl sites for hydroxylation is 2. The molecule has 1 amide bonds. The summed E-state index contributed by atoms with van der Waals surface area (Å²) in [6.45, 7) is 3.07. The molecule has 2 rings (SSSR count). The second kappa shape index (κ2) is 9.23. The number of carbonyl (C=O) groups excluding carboxylic acids is 2. The Labute approximate surface area is 152 Å². The lowest BCUT2D eigenvalue weighted by molar-refractivity contribution is -0.149. The molecule has 0 saturated carbocycles. The molecule has 6 heteroatoms. The van der Waals surface area contributed by atoms with Crippen LogP contribution in [0.3, 0.4) is 0 Å². The van der Waals surface area contributed by atoms with Crippen molar-refractivity contribution >= 4 is 17.6 Å². The van der Waals surface area contributed by atoms with Crippen LogP contribution in [-0.2, 0) is 14.3 Å². The molecule has 2 aromatic carbocycles. The molecular formula is C20H20N2O4. The van der Waals surface area contributed by atoms with Crippen molar-refractivity contribution in [2.75, 3.05) is 24.7 Å². The number of hydrogen-bond acceptors (Lipinski definition) is 5. The standard InChI is InChI=1S/C20H20N2O4/c1-15-8-9-18(12-16(15)2)25-14-20(24)26-13-19(23)22(11-10-21)17-6-4-3-5-7-17/h3-9,12H,11,13-14H2,1-2H3. The Morgan fingerprint density at radius 3 is 2.42 bits per heavy atom. The minimum atomic E-state index is -0.651. The van der Waals surface area contributed by atoms with E-state index >= 15 is 0 Å². The number of benzene rings is 2. The monoisotopic (exact) mass is 352 g/mol. The van der Waals surface area contributed by atoms with Crippen molar-refractivity contribution in [2.24, 2.45) is 0 Å². The van der Waals surface area contributed by atoms with Crippen LogP contribution in [0.2, 0.25) is 0 Å². The first-order chi connectivity index (χ1) is 12.5. The van der Waals surface area contributed by atoms with Crippen LogP contribution in [0.5, 0.6) is 5.75 Å². The topological polar surface area (TPSA) is 79.6 Å². The van der Waals surface area contributed by atoms with Gasteiger partial charge in [0.1, 0.15) is 12.3 Å². The minimum Gasteiger partial charge on any atom is -0.482 e. The van der Waals surface area contributed by atoms with Gasteiger partial charge < -0.3 is 9.47 Å². The second-order valence-electron chi connectivity index (χ2n) is 5.67. The summed E-state index contributed by atoms with van der Waals surface area (Å²) in [5, 5.41) is 8.90. The lowest BCUT2D eigenvalue weighted by atomic mass is 10.1. The van der Waals surface area contributed by atoms with Crippen LogP contribution in [0, 0.1) is 25.2 Å². The Kier molecular flexibility index (Phi) is 6.75. The highest BCUT2D eigenvalue weighted by atomic mass is 16.6. The highest BCUT2D eigenvalue weighted by molar-refractivity contribution is 5.95. The smallest absolute Gasteiger partial charge is 0.344 e. The Hall–Kier alpha value is -3.33. The van der Waals surface area contributed by atoms with Crippen LogP contribution in [0.1, 0.15) is 11.1 Å². The summed E-state index contributed by atoms with van der Waals surface area (Å²) in [6, 6.07) is 16.2. The first-order valence-corrected chi connectivity index (χ1v) is 8.09. The van der Waals surface area contributed by atoms with Crippen LogP contribution >= 0.6 is 0 Å². The quantitative estimate of drug-likeness (QED) is 0.565. The first kappa shape index (κ1) is 19.0. The van der Waals surface area contributed by atoms with Crippen LogP contribution < -0.4 is 9.64 Å². The van der Waals surface area contributed by atoms with Gasteiger partial charge in [0.2, 0.25) is 0 Å². The number of para-hydroxylation sites is 1. The van der Waals surface area contributed by atoms with E-state index in [2.05, 4.69) is 0 Å². The van der Waals surface area contributed by atoms with Crippen LogP contribution in [0.4, 0.5) is 5.69 Å². The van der Waals surface area contributed by atoms with Gasteiger partial charge >= 0.3 is 5.97 Å². The summed E-state index contributed by atoms with van der Waals surface area (Å²) in [5.41, 5.74) is 2.76. The molecule has 0 atom stereocenters. The molecule has 0 aliphatic rings. The van der Waals surface area contributed by atoms with Gasteiger partial charge in [-0.2, -0.15) is 5.26 Å². The maximum atomic E-state index is 12.3. The molecule has 0 fully saturated rings. The first-order valence-electron chi connectivity index (χ1n) is 8.09. The Morgan fingerprint density at radius 2 is 1.77 bits per heavy atom. The van der Waals surface area contributed by atoms with Gasteiger partial charge in [0.15, 0.2) is 13.2 Å². The molecule has 0 bridgehead atoms. The third-order valence-corrected chi connectivity index (χ3v) is 3.79. The van der Waals surface area contributed by atoms with E-state index in [0.717, 1.165) is 11.1 Å². The summed E-state index contributed by atoms with van der Waals surface area (Å²) in [6.07, 6.45) is 0. The van der Waals surface area contributed by atoms with Crippen molar-refractivity contribution in [2.45, 2.75) is 13.8 Å². The van der Waals surface area contributed by atoms with Crippen molar-refractivity contribution in [1.82, 2.24) is 0 Å². The van der Waals surface area contributed by atoms with Gasteiger partial charge in [-0.1, -0.05) is 24.3 Å². The van der Waals surface area contributed by atoms with E-state index in [4.69, 9.17) is 14.7 Å². The lowest BCUT2D eigenvalue weighted by Gasteiger charge is -2.19. The fourth-order valence-electron chi connectivity index (χ4n) is 2.21. The molecule has 134 valence electrons. The van der Waals surface area contributed by atoms with Gasteiger partial charge in [-0.05, 0) is 49.2 Å². The number of rotatable bonds is 7. The molecule has 2 aromatic rings. The summed E-state index contributed by atoms with van der Waals surface area (Å²) in [4.78, 5) is 25.3. The summed E-state index contributed by atoms with van der Waals surface area (Å²) < 4.78 is 10.3. The number of ether oxygens (including phenoxy) is 2. The van der Waals surface area contributed by atoms with Crippen molar-refractivity contribution in [3.8, 4) is 11.8 Å². The van der Waals surface area contributed by atoms with E-state index in [0.29, 0.717) is 11.4 Å². The van der Waals surface area contributed by atoms with E-state index in [9.17, 15) is 9.59 Å². The third kappa shape index (κ3) is 5.35. The predicted molar refractivity (Wildman–Crippen MR) is 96.8 cm³/mol. The van der Waals surface area contributed by atoms with E-state index in [-0.39, 0.29) is 13.2 Å². The van der Waals surface area contributed by atoms with Crippen molar-refractivity contribution in [3.63, 3.8) is 0 Å². The number of nitrogens with zero attached hydrogens (tertiary/aromatic N) is 2. The average Bonchev–Trinajstić information content (AvgIpc) is 2.65. The number of esters is 1. The van der Waals surface area contributed by atoms with E-state index < -0.39 is 18.5 Å². The third-order valence-electron chi connectivity index (χ3n) is 3.79. The maximum Gasteiger partial charge on any atom is 0.344 e. The van der Waals surface area contributed by atoms with Gasteiger partial charge in [0, 0.05) is 5.69 Å². The molecular weight excluding hydrogens is 332 g/mol. The largest absolute Gasteiger partial charge is 0.482 e. The summed E-state index contributed by atoms with van der Waals surface area (Å²) >= 11 is 0. The molecule has 26 heavy (non-hydrogen) atoms. The molecule has 0 saturated heterocycles. The lowest BCUT2D eigenvalue weighted by Crippen LogP contribution is -2.35. The van der Waals surface area contributed by atoms with Gasteiger partial charge in [0.25, 0.3) is 5.91 Å². The normalized spacial score (nSPS) is 9.88. The van der Waals surface area contributed by atoms with Gasteiger partial charge in [-0.15, -0.1) is 0 Å². The predicted octanol–water partition coefficient (Wildman–Crippen LogP) is 2.78. The average molecular weight is 352 g/mol. The van der Waals surface area contributed by atoms with Crippen LogP contribution in [-0.4, -0.2) is 31.6 Å². The van der Waals surface area contributed by atoms with Crippen molar-refractivity contribution in [1.29, 1.82) is 5.26 Å². The van der Waals surface area contributed by atoms with Crippen LogP contribution in [0.15, 0.2) is 48.5 Å². The second-order valence-corrected chi connectivity index (χ2v) is 5.67. The van der Waals surface area contributed by atoms with E-state index in [1.54, 1.807) is 30.3 Å².